The molecule has 6 nitrogen and oxygen atoms in total. The average Bonchev–Trinajstić information content (AvgIpc) is 3.27. The van der Waals surface area contributed by atoms with Gasteiger partial charge in [-0.25, -0.2) is 9.97 Å². The Morgan fingerprint density at radius 3 is 2.97 bits per heavy atom. The Hall–Kier alpha value is -2.51. The predicted molar refractivity (Wildman–Crippen MR) is 120 cm³/mol. The molecule has 3 aromatic rings. The maximum absolute atomic E-state index is 12.0. The Labute approximate surface area is 181 Å². The second-order valence-electron chi connectivity index (χ2n) is 7.57. The maximum atomic E-state index is 12.0. The van der Waals surface area contributed by atoms with Crippen LogP contribution in [-0.2, 0) is 22.6 Å². The van der Waals surface area contributed by atoms with Crippen molar-refractivity contribution in [1.29, 1.82) is 0 Å². The number of para-hydroxylation sites is 1. The molecule has 1 fully saturated rings. The van der Waals surface area contributed by atoms with E-state index in [2.05, 4.69) is 33.8 Å². The summed E-state index contributed by atoms with van der Waals surface area (Å²) in [6.07, 6.45) is 3.73. The van der Waals surface area contributed by atoms with Gasteiger partial charge in [0.1, 0.15) is 11.6 Å². The first-order valence-electron chi connectivity index (χ1n) is 10.6. The lowest BCUT2D eigenvalue weighted by Crippen LogP contribution is -2.41. The molecule has 0 aliphatic carbocycles. The number of nitrogens with zero attached hydrogens (tertiary/aromatic N) is 3. The van der Waals surface area contributed by atoms with Crippen LogP contribution in [0.4, 0.5) is 5.82 Å². The minimum Gasteiger partial charge on any atom is -0.466 e. The zero-order valence-electron chi connectivity index (χ0n) is 17.3. The number of piperidine rings is 1. The highest BCUT2D eigenvalue weighted by atomic mass is 32.1. The molecule has 1 atom stereocenters. The zero-order chi connectivity index (χ0) is 20.8. The van der Waals surface area contributed by atoms with Gasteiger partial charge in [0.05, 0.1) is 31.6 Å². The molecule has 1 aliphatic heterocycles. The first kappa shape index (κ1) is 20.8. The number of esters is 1. The minimum atomic E-state index is -0.118. The number of likely N-dealkylation sites (tertiary alicyclic amines) is 1. The van der Waals surface area contributed by atoms with Crippen LogP contribution in [0.1, 0.15) is 43.3 Å². The van der Waals surface area contributed by atoms with Crippen molar-refractivity contribution in [2.45, 2.75) is 51.7 Å². The van der Waals surface area contributed by atoms with Crippen LogP contribution >= 0.6 is 11.3 Å². The fourth-order valence-electron chi connectivity index (χ4n) is 4.01. The minimum absolute atomic E-state index is 0.118. The number of fused-ring (bicyclic) bond motifs is 1. The average molecular weight is 425 g/mol. The van der Waals surface area contributed by atoms with E-state index in [-0.39, 0.29) is 12.0 Å². The lowest BCUT2D eigenvalue weighted by Gasteiger charge is -2.34. The number of carbonyl (C=O) groups is 1. The number of benzene rings is 1. The van der Waals surface area contributed by atoms with Crippen LogP contribution in [0.3, 0.4) is 0 Å². The largest absolute Gasteiger partial charge is 0.466 e. The number of rotatable bonds is 8. The summed E-state index contributed by atoms with van der Waals surface area (Å²) in [6, 6.07) is 12.5. The number of aromatic nitrogens is 2. The molecule has 1 N–H and O–H groups in total. The molecule has 1 aromatic carbocycles. The molecule has 0 spiro atoms. The molecule has 30 heavy (non-hydrogen) atoms. The molecule has 0 bridgehead atoms. The van der Waals surface area contributed by atoms with E-state index in [0.29, 0.717) is 19.6 Å². The Morgan fingerprint density at radius 2 is 2.13 bits per heavy atom. The van der Waals surface area contributed by atoms with E-state index in [1.807, 2.05) is 25.1 Å². The number of thiophene rings is 1. The van der Waals surface area contributed by atoms with Gasteiger partial charge in [-0.1, -0.05) is 24.6 Å². The molecule has 2 aromatic heterocycles. The third kappa shape index (κ3) is 5.15. The van der Waals surface area contributed by atoms with Crippen molar-refractivity contribution in [3.63, 3.8) is 0 Å². The van der Waals surface area contributed by atoms with Crippen LogP contribution in [0.5, 0.6) is 0 Å². The standard InChI is InChI=1S/C23H28N4O2S/c1-2-29-22(28)14-17-8-5-6-12-27(17)16-21-25-20-11-4-3-10-19(20)23(26-21)24-15-18-9-7-13-30-18/h3-4,7,9-11,13,17H,2,5-6,8,12,14-16H2,1H3,(H,24,25,26)/t17-/m0/s1. The SMILES string of the molecule is CCOC(=O)C[C@@H]1CCCCN1Cc1nc(NCc2cccs2)c2ccccc2n1. The predicted octanol–water partition coefficient (Wildman–Crippen LogP) is 4.61. The van der Waals surface area contributed by atoms with Gasteiger partial charge in [-0.15, -0.1) is 11.3 Å². The van der Waals surface area contributed by atoms with E-state index >= 15 is 0 Å². The Morgan fingerprint density at radius 1 is 1.23 bits per heavy atom. The maximum Gasteiger partial charge on any atom is 0.307 e. The van der Waals surface area contributed by atoms with E-state index in [1.54, 1.807) is 11.3 Å². The van der Waals surface area contributed by atoms with Crippen molar-refractivity contribution < 1.29 is 9.53 Å². The van der Waals surface area contributed by atoms with E-state index in [0.717, 1.165) is 54.9 Å². The molecular formula is C23H28N4O2S. The summed E-state index contributed by atoms with van der Waals surface area (Å²) < 4.78 is 5.18. The van der Waals surface area contributed by atoms with E-state index in [9.17, 15) is 4.79 Å². The van der Waals surface area contributed by atoms with Crippen LogP contribution in [0.25, 0.3) is 10.9 Å². The molecule has 0 amide bonds. The number of anilines is 1. The molecule has 0 radical (unpaired) electrons. The third-order valence-corrected chi connectivity index (χ3v) is 6.34. The van der Waals surface area contributed by atoms with Crippen LogP contribution < -0.4 is 5.32 Å². The molecule has 4 rings (SSSR count). The van der Waals surface area contributed by atoms with Gasteiger partial charge in [0, 0.05) is 16.3 Å². The molecule has 7 heteroatoms. The summed E-state index contributed by atoms with van der Waals surface area (Å²) >= 11 is 1.73. The molecule has 158 valence electrons. The van der Waals surface area contributed by atoms with Crippen molar-refractivity contribution in [3.8, 4) is 0 Å². The van der Waals surface area contributed by atoms with Crippen LogP contribution in [-0.4, -0.2) is 40.0 Å². The number of hydrogen-bond acceptors (Lipinski definition) is 7. The molecule has 0 unspecified atom stereocenters. The van der Waals surface area contributed by atoms with Crippen molar-refractivity contribution >= 4 is 34.0 Å². The van der Waals surface area contributed by atoms with Crippen LogP contribution in [0.2, 0.25) is 0 Å². The highest BCUT2D eigenvalue weighted by molar-refractivity contribution is 7.09. The summed E-state index contributed by atoms with van der Waals surface area (Å²) in [7, 11) is 0. The van der Waals surface area contributed by atoms with Crippen LogP contribution in [0.15, 0.2) is 41.8 Å². The molecular weight excluding hydrogens is 396 g/mol. The number of ether oxygens (including phenoxy) is 1. The number of nitrogens with one attached hydrogen (secondary N) is 1. The lowest BCUT2D eigenvalue weighted by molar-refractivity contribution is -0.145. The number of carbonyl (C=O) groups excluding carboxylic acids is 1. The van der Waals surface area contributed by atoms with Gasteiger partial charge in [0.25, 0.3) is 0 Å². The van der Waals surface area contributed by atoms with Crippen molar-refractivity contribution in [1.82, 2.24) is 14.9 Å². The van der Waals surface area contributed by atoms with E-state index in [4.69, 9.17) is 14.7 Å². The Bertz CT molecular complexity index is 977. The Kier molecular flexibility index (Phi) is 6.92. The first-order valence-corrected chi connectivity index (χ1v) is 11.5. The van der Waals surface area contributed by atoms with Gasteiger partial charge in [-0.2, -0.15) is 0 Å². The fourth-order valence-corrected chi connectivity index (χ4v) is 4.65. The smallest absolute Gasteiger partial charge is 0.307 e. The summed E-state index contributed by atoms with van der Waals surface area (Å²) in [5, 5.41) is 6.61. The van der Waals surface area contributed by atoms with Crippen molar-refractivity contribution in [2.24, 2.45) is 0 Å². The highest BCUT2D eigenvalue weighted by Crippen LogP contribution is 2.25. The van der Waals surface area contributed by atoms with Gasteiger partial charge < -0.3 is 10.1 Å². The lowest BCUT2D eigenvalue weighted by atomic mass is 9.99. The fraction of sp³-hybridized carbons (Fsp3) is 0.435. The highest BCUT2D eigenvalue weighted by Gasteiger charge is 2.26. The van der Waals surface area contributed by atoms with Gasteiger partial charge in [-0.05, 0) is 49.9 Å². The molecule has 0 saturated carbocycles. The summed E-state index contributed by atoms with van der Waals surface area (Å²) in [4.78, 5) is 25.3. The second-order valence-corrected chi connectivity index (χ2v) is 8.60. The van der Waals surface area contributed by atoms with Gasteiger partial charge in [-0.3, -0.25) is 9.69 Å². The monoisotopic (exact) mass is 424 g/mol. The van der Waals surface area contributed by atoms with Crippen molar-refractivity contribution in [3.05, 3.63) is 52.5 Å². The molecule has 1 saturated heterocycles. The first-order chi connectivity index (χ1) is 14.7. The quantitative estimate of drug-likeness (QED) is 0.533. The molecule has 3 heterocycles. The van der Waals surface area contributed by atoms with Gasteiger partial charge >= 0.3 is 5.97 Å². The Balaban J connectivity index is 1.54. The van der Waals surface area contributed by atoms with E-state index < -0.39 is 0 Å². The topological polar surface area (TPSA) is 67.3 Å². The van der Waals surface area contributed by atoms with Crippen molar-refractivity contribution in [2.75, 3.05) is 18.5 Å². The summed E-state index contributed by atoms with van der Waals surface area (Å²) in [5.41, 5.74) is 0.940. The normalized spacial score (nSPS) is 17.2. The van der Waals surface area contributed by atoms with Gasteiger partial charge in [0.2, 0.25) is 0 Å². The summed E-state index contributed by atoms with van der Waals surface area (Å²) in [5.74, 6) is 1.54. The molecule has 1 aliphatic rings. The summed E-state index contributed by atoms with van der Waals surface area (Å²) in [6.45, 7) is 4.62. The van der Waals surface area contributed by atoms with Gasteiger partial charge in [0.15, 0.2) is 0 Å². The third-order valence-electron chi connectivity index (χ3n) is 5.46. The second kappa shape index (κ2) is 10.00. The van der Waals surface area contributed by atoms with Crippen LogP contribution in [0, 0.1) is 0 Å². The van der Waals surface area contributed by atoms with E-state index in [1.165, 1.54) is 4.88 Å². The zero-order valence-corrected chi connectivity index (χ0v) is 18.2. The number of hydrogen-bond donors (Lipinski definition) is 1.